The first kappa shape index (κ1) is 16.8. The SMILES string of the molecule is CCCC(=O)Nc1ccc2c(c1)=C(C1OCC(C)(C)CO1)C(=O)N=2. The van der Waals surface area contributed by atoms with Crippen molar-refractivity contribution in [2.75, 3.05) is 18.5 Å². The van der Waals surface area contributed by atoms with Gasteiger partial charge in [-0.15, -0.1) is 0 Å². The lowest BCUT2D eigenvalue weighted by atomic mass is 9.95. The smallest absolute Gasteiger partial charge is 0.279 e. The van der Waals surface area contributed by atoms with Crippen molar-refractivity contribution in [1.82, 2.24) is 0 Å². The van der Waals surface area contributed by atoms with Gasteiger partial charge in [0.15, 0.2) is 6.29 Å². The number of amides is 2. The van der Waals surface area contributed by atoms with E-state index in [4.69, 9.17) is 9.47 Å². The van der Waals surface area contributed by atoms with Crippen molar-refractivity contribution in [1.29, 1.82) is 0 Å². The van der Waals surface area contributed by atoms with Crippen LogP contribution in [-0.2, 0) is 19.1 Å². The van der Waals surface area contributed by atoms with Gasteiger partial charge in [0.25, 0.3) is 5.91 Å². The third-order valence-corrected chi connectivity index (χ3v) is 3.99. The quantitative estimate of drug-likeness (QED) is 0.898. The highest BCUT2D eigenvalue weighted by Crippen LogP contribution is 2.27. The molecule has 0 atom stereocenters. The summed E-state index contributed by atoms with van der Waals surface area (Å²) < 4.78 is 11.5. The Balaban J connectivity index is 1.92. The van der Waals surface area contributed by atoms with Gasteiger partial charge < -0.3 is 14.8 Å². The van der Waals surface area contributed by atoms with Crippen LogP contribution in [0.4, 0.5) is 5.69 Å². The van der Waals surface area contributed by atoms with Crippen molar-refractivity contribution in [3.05, 3.63) is 28.8 Å². The Labute approximate surface area is 140 Å². The van der Waals surface area contributed by atoms with E-state index in [9.17, 15) is 9.59 Å². The van der Waals surface area contributed by atoms with Gasteiger partial charge in [-0.3, -0.25) is 9.59 Å². The third-order valence-electron chi connectivity index (χ3n) is 3.99. The highest BCUT2D eigenvalue weighted by Gasteiger charge is 2.34. The van der Waals surface area contributed by atoms with Gasteiger partial charge in [-0.25, -0.2) is 4.99 Å². The van der Waals surface area contributed by atoms with Gasteiger partial charge in [0.2, 0.25) is 5.91 Å². The van der Waals surface area contributed by atoms with Crippen molar-refractivity contribution in [2.45, 2.75) is 39.9 Å². The van der Waals surface area contributed by atoms with Gasteiger partial charge in [0.1, 0.15) is 0 Å². The highest BCUT2D eigenvalue weighted by molar-refractivity contribution is 6.16. The Morgan fingerprint density at radius 3 is 2.71 bits per heavy atom. The molecule has 0 radical (unpaired) electrons. The predicted molar refractivity (Wildman–Crippen MR) is 88.6 cm³/mol. The number of anilines is 1. The average molecular weight is 330 g/mol. The van der Waals surface area contributed by atoms with Crippen LogP contribution in [0.15, 0.2) is 23.2 Å². The molecule has 2 aliphatic rings. The summed E-state index contributed by atoms with van der Waals surface area (Å²) in [6.07, 6.45) is 0.527. The number of carbonyl (C=O) groups is 2. The zero-order valence-corrected chi connectivity index (χ0v) is 14.2. The van der Waals surface area contributed by atoms with Crippen molar-refractivity contribution in [2.24, 2.45) is 10.4 Å². The molecule has 0 spiro atoms. The van der Waals surface area contributed by atoms with Crippen LogP contribution in [0, 0.1) is 5.41 Å². The van der Waals surface area contributed by atoms with Crippen LogP contribution in [0.2, 0.25) is 0 Å². The summed E-state index contributed by atoms with van der Waals surface area (Å²) in [5.74, 6) is -0.390. The van der Waals surface area contributed by atoms with Crippen LogP contribution in [0.25, 0.3) is 5.57 Å². The Bertz CT molecular complexity index is 788. The summed E-state index contributed by atoms with van der Waals surface area (Å²) in [6, 6.07) is 5.24. The Kier molecular flexibility index (Phi) is 4.51. The molecule has 0 unspecified atom stereocenters. The van der Waals surface area contributed by atoms with Crippen LogP contribution in [0.1, 0.15) is 33.6 Å². The van der Waals surface area contributed by atoms with Crippen molar-refractivity contribution in [3.63, 3.8) is 0 Å². The molecule has 1 saturated heterocycles. The van der Waals surface area contributed by atoms with Crippen molar-refractivity contribution >= 4 is 23.1 Å². The van der Waals surface area contributed by atoms with Gasteiger partial charge in [0.05, 0.1) is 24.1 Å². The van der Waals surface area contributed by atoms with E-state index in [-0.39, 0.29) is 17.2 Å². The minimum absolute atomic E-state index is 0.0489. The van der Waals surface area contributed by atoms with Crippen LogP contribution >= 0.6 is 0 Å². The monoisotopic (exact) mass is 330 g/mol. The van der Waals surface area contributed by atoms with Gasteiger partial charge in [0, 0.05) is 22.7 Å². The molecule has 0 saturated carbocycles. The predicted octanol–water partition coefficient (Wildman–Crippen LogP) is 1.13. The minimum atomic E-state index is -0.711. The number of hydrogen-bond acceptors (Lipinski definition) is 4. The fourth-order valence-corrected chi connectivity index (χ4v) is 2.75. The van der Waals surface area contributed by atoms with Crippen LogP contribution in [0.5, 0.6) is 0 Å². The van der Waals surface area contributed by atoms with Gasteiger partial charge in [-0.05, 0) is 24.6 Å². The Hall–Kier alpha value is -2.05. The molecular weight excluding hydrogens is 308 g/mol. The third kappa shape index (κ3) is 3.39. The topological polar surface area (TPSA) is 77.0 Å². The van der Waals surface area contributed by atoms with E-state index in [1.165, 1.54) is 0 Å². The number of hydrogen-bond donors (Lipinski definition) is 1. The summed E-state index contributed by atoms with van der Waals surface area (Å²) in [5, 5.41) is 4.09. The summed E-state index contributed by atoms with van der Waals surface area (Å²) in [6.45, 7) is 7.06. The molecule has 0 bridgehead atoms. The van der Waals surface area contributed by atoms with E-state index in [1.54, 1.807) is 18.2 Å². The van der Waals surface area contributed by atoms with Crippen LogP contribution in [-0.4, -0.2) is 31.3 Å². The summed E-state index contributed by atoms with van der Waals surface area (Å²) in [7, 11) is 0. The Morgan fingerprint density at radius 1 is 1.33 bits per heavy atom. The lowest BCUT2D eigenvalue weighted by molar-refractivity contribution is -0.193. The first-order chi connectivity index (χ1) is 11.4. The molecule has 2 aliphatic heterocycles. The second-order valence-corrected chi connectivity index (χ2v) is 6.98. The first-order valence-corrected chi connectivity index (χ1v) is 8.20. The lowest BCUT2D eigenvalue weighted by Gasteiger charge is -2.34. The fourth-order valence-electron chi connectivity index (χ4n) is 2.75. The number of nitrogens with one attached hydrogen (secondary N) is 1. The molecule has 2 heterocycles. The molecule has 1 aromatic rings. The molecule has 1 N–H and O–H groups in total. The zero-order valence-electron chi connectivity index (χ0n) is 14.2. The molecule has 1 aromatic carbocycles. The number of rotatable bonds is 4. The van der Waals surface area contributed by atoms with E-state index < -0.39 is 6.29 Å². The number of nitrogens with zero attached hydrogens (tertiary/aromatic N) is 1. The number of fused-ring (bicyclic) bond motifs is 1. The second kappa shape index (κ2) is 6.45. The standard InChI is InChI=1S/C18H22N2O4/c1-4-5-14(21)19-11-6-7-13-12(8-11)15(16(22)20-13)17-23-9-18(2,3)10-24-17/h6-8,17H,4-5,9-10H2,1-3H3,(H,19,21). The molecule has 6 nitrogen and oxygen atoms in total. The van der Waals surface area contributed by atoms with Crippen LogP contribution in [0.3, 0.4) is 0 Å². The van der Waals surface area contributed by atoms with E-state index in [0.29, 0.717) is 41.5 Å². The lowest BCUT2D eigenvalue weighted by Crippen LogP contribution is -2.41. The number of benzene rings is 1. The number of ether oxygens (including phenoxy) is 2. The summed E-state index contributed by atoms with van der Waals surface area (Å²) in [5.41, 5.74) is 0.979. The Morgan fingerprint density at radius 2 is 2.04 bits per heavy atom. The fraction of sp³-hybridized carbons (Fsp3) is 0.500. The summed E-state index contributed by atoms with van der Waals surface area (Å²) in [4.78, 5) is 28.1. The first-order valence-electron chi connectivity index (χ1n) is 8.20. The number of carbonyl (C=O) groups excluding carboxylic acids is 2. The zero-order chi connectivity index (χ0) is 17.3. The van der Waals surface area contributed by atoms with E-state index in [0.717, 1.165) is 6.42 Å². The van der Waals surface area contributed by atoms with Gasteiger partial charge in [-0.1, -0.05) is 20.8 Å². The maximum absolute atomic E-state index is 12.3. The summed E-state index contributed by atoms with van der Waals surface area (Å²) >= 11 is 0. The highest BCUT2D eigenvalue weighted by atomic mass is 16.7. The second-order valence-electron chi connectivity index (χ2n) is 6.98. The van der Waals surface area contributed by atoms with Gasteiger partial charge >= 0.3 is 0 Å². The van der Waals surface area contributed by atoms with Gasteiger partial charge in [-0.2, -0.15) is 0 Å². The van der Waals surface area contributed by atoms with Crippen LogP contribution < -0.4 is 15.9 Å². The minimum Gasteiger partial charge on any atom is -0.348 e. The van der Waals surface area contributed by atoms with E-state index >= 15 is 0 Å². The van der Waals surface area contributed by atoms with E-state index in [2.05, 4.69) is 10.3 Å². The molecule has 0 aliphatic carbocycles. The molecule has 6 heteroatoms. The maximum atomic E-state index is 12.3. The average Bonchev–Trinajstić information content (AvgIpc) is 2.83. The molecular formula is C18H22N2O4. The van der Waals surface area contributed by atoms with Crippen molar-refractivity contribution < 1.29 is 19.1 Å². The molecule has 3 rings (SSSR count). The molecule has 24 heavy (non-hydrogen) atoms. The molecule has 1 fully saturated rings. The van der Waals surface area contributed by atoms with Crippen molar-refractivity contribution in [3.8, 4) is 0 Å². The normalized spacial score (nSPS) is 19.8. The van der Waals surface area contributed by atoms with E-state index in [1.807, 2.05) is 20.8 Å². The largest absolute Gasteiger partial charge is 0.348 e. The molecule has 128 valence electrons. The molecule has 0 aromatic heterocycles. The molecule has 2 amide bonds. The maximum Gasteiger partial charge on any atom is 0.279 e.